The maximum absolute atomic E-state index is 11.1. The fourth-order valence-electron chi connectivity index (χ4n) is 2.42. The molecule has 0 saturated carbocycles. The Bertz CT molecular complexity index is 524. The van der Waals surface area contributed by atoms with Gasteiger partial charge in [-0.15, -0.1) is 0 Å². The molecule has 1 aromatic heterocycles. The zero-order valence-corrected chi connectivity index (χ0v) is 11.1. The van der Waals surface area contributed by atoms with E-state index in [0.717, 1.165) is 30.5 Å². The van der Waals surface area contributed by atoms with Crippen molar-refractivity contribution >= 4 is 16.0 Å². The topological polar surface area (TPSA) is 127 Å². The second-order valence-electron chi connectivity index (χ2n) is 4.83. The Morgan fingerprint density at radius 2 is 2.17 bits per heavy atom. The number of hydrogen-bond donors (Lipinski definition) is 4. The number of aromatic amines is 1. The summed E-state index contributed by atoms with van der Waals surface area (Å²) in [7, 11) is -3.17. The molecule has 0 fully saturated rings. The SMILES string of the molecule is CS(=O)(=O)NCC1Cc2[nH]c(N)nc2CC1CN. The minimum absolute atomic E-state index is 0.178. The average molecular weight is 273 g/mol. The lowest BCUT2D eigenvalue weighted by Gasteiger charge is -2.29. The molecular weight excluding hydrogens is 254 g/mol. The maximum atomic E-state index is 11.1. The fraction of sp³-hybridized carbons (Fsp3) is 0.700. The summed E-state index contributed by atoms with van der Waals surface area (Å²) >= 11 is 0. The van der Waals surface area contributed by atoms with Gasteiger partial charge in [0, 0.05) is 12.2 Å². The van der Waals surface area contributed by atoms with E-state index in [9.17, 15) is 8.42 Å². The van der Waals surface area contributed by atoms with Crippen LogP contribution in [0.3, 0.4) is 0 Å². The van der Waals surface area contributed by atoms with E-state index in [2.05, 4.69) is 14.7 Å². The molecule has 7 nitrogen and oxygen atoms in total. The van der Waals surface area contributed by atoms with E-state index in [-0.39, 0.29) is 11.8 Å². The Kier molecular flexibility index (Phi) is 3.60. The van der Waals surface area contributed by atoms with Crippen molar-refractivity contribution in [1.82, 2.24) is 14.7 Å². The van der Waals surface area contributed by atoms with Crippen LogP contribution in [-0.2, 0) is 22.9 Å². The molecule has 0 aromatic carbocycles. The predicted molar refractivity (Wildman–Crippen MR) is 69.3 cm³/mol. The van der Waals surface area contributed by atoms with Crippen LogP contribution in [0, 0.1) is 11.8 Å². The minimum Gasteiger partial charge on any atom is -0.369 e. The van der Waals surface area contributed by atoms with Crippen molar-refractivity contribution in [2.75, 3.05) is 25.1 Å². The third kappa shape index (κ3) is 3.01. The van der Waals surface area contributed by atoms with Crippen LogP contribution in [0.15, 0.2) is 0 Å². The van der Waals surface area contributed by atoms with Gasteiger partial charge in [0.05, 0.1) is 11.9 Å². The van der Waals surface area contributed by atoms with Gasteiger partial charge in [-0.1, -0.05) is 0 Å². The molecule has 2 rings (SSSR count). The van der Waals surface area contributed by atoms with E-state index >= 15 is 0 Å². The third-order valence-corrected chi connectivity index (χ3v) is 4.07. The van der Waals surface area contributed by atoms with Crippen molar-refractivity contribution in [3.63, 3.8) is 0 Å². The monoisotopic (exact) mass is 273 g/mol. The predicted octanol–water partition coefficient (Wildman–Crippen LogP) is -1.17. The smallest absolute Gasteiger partial charge is 0.208 e. The van der Waals surface area contributed by atoms with Gasteiger partial charge in [0.15, 0.2) is 5.95 Å². The molecule has 6 N–H and O–H groups in total. The van der Waals surface area contributed by atoms with Gasteiger partial charge in [-0.3, -0.25) is 0 Å². The van der Waals surface area contributed by atoms with Crippen LogP contribution in [0.25, 0.3) is 0 Å². The van der Waals surface area contributed by atoms with Gasteiger partial charge in [-0.05, 0) is 31.2 Å². The largest absolute Gasteiger partial charge is 0.369 e. The highest BCUT2D eigenvalue weighted by Crippen LogP contribution is 2.28. The number of hydrogen-bond acceptors (Lipinski definition) is 5. The molecule has 8 heteroatoms. The average Bonchev–Trinajstić information content (AvgIpc) is 2.63. The normalized spacial score (nSPS) is 23.9. The summed E-state index contributed by atoms with van der Waals surface area (Å²) in [6.45, 7) is 0.918. The Labute approximate surface area is 106 Å². The summed E-state index contributed by atoms with van der Waals surface area (Å²) in [4.78, 5) is 7.24. The van der Waals surface area contributed by atoms with Crippen LogP contribution < -0.4 is 16.2 Å². The lowest BCUT2D eigenvalue weighted by atomic mass is 9.80. The maximum Gasteiger partial charge on any atom is 0.208 e. The molecule has 0 radical (unpaired) electrons. The zero-order valence-electron chi connectivity index (χ0n) is 10.3. The summed E-state index contributed by atoms with van der Waals surface area (Å²) in [5.41, 5.74) is 13.3. The Morgan fingerprint density at radius 3 is 2.78 bits per heavy atom. The minimum atomic E-state index is -3.17. The van der Waals surface area contributed by atoms with E-state index in [4.69, 9.17) is 11.5 Å². The Morgan fingerprint density at radius 1 is 1.44 bits per heavy atom. The molecule has 1 aromatic rings. The van der Waals surface area contributed by atoms with Gasteiger partial charge >= 0.3 is 0 Å². The van der Waals surface area contributed by atoms with Gasteiger partial charge in [-0.2, -0.15) is 0 Å². The summed E-state index contributed by atoms with van der Waals surface area (Å²) in [6.07, 6.45) is 2.63. The quantitative estimate of drug-likeness (QED) is 0.550. The van der Waals surface area contributed by atoms with Crippen molar-refractivity contribution < 1.29 is 8.42 Å². The number of nitrogen functional groups attached to an aromatic ring is 1. The molecule has 0 saturated heterocycles. The first-order valence-electron chi connectivity index (χ1n) is 5.87. The van der Waals surface area contributed by atoms with E-state index in [0.29, 0.717) is 19.0 Å². The van der Waals surface area contributed by atoms with E-state index in [1.54, 1.807) is 0 Å². The van der Waals surface area contributed by atoms with Crippen LogP contribution in [0.1, 0.15) is 11.4 Å². The highest BCUT2D eigenvalue weighted by molar-refractivity contribution is 7.88. The molecule has 1 heterocycles. The number of anilines is 1. The van der Waals surface area contributed by atoms with E-state index < -0.39 is 10.0 Å². The van der Waals surface area contributed by atoms with Crippen LogP contribution >= 0.6 is 0 Å². The molecule has 0 spiro atoms. The number of nitrogens with two attached hydrogens (primary N) is 2. The van der Waals surface area contributed by atoms with Crippen molar-refractivity contribution in [2.45, 2.75) is 12.8 Å². The second kappa shape index (κ2) is 4.87. The van der Waals surface area contributed by atoms with E-state index in [1.807, 2.05) is 0 Å². The van der Waals surface area contributed by atoms with E-state index in [1.165, 1.54) is 0 Å². The summed E-state index contributed by atoms with van der Waals surface area (Å²) in [6, 6.07) is 0. The number of nitrogens with zero attached hydrogens (tertiary/aromatic N) is 1. The highest BCUT2D eigenvalue weighted by Gasteiger charge is 2.30. The van der Waals surface area contributed by atoms with Gasteiger partial charge in [-0.25, -0.2) is 18.1 Å². The van der Waals surface area contributed by atoms with Crippen LogP contribution in [0.5, 0.6) is 0 Å². The number of aromatic nitrogens is 2. The molecule has 18 heavy (non-hydrogen) atoms. The molecule has 0 aliphatic heterocycles. The molecule has 0 amide bonds. The molecule has 0 bridgehead atoms. The molecule has 1 aliphatic rings. The van der Waals surface area contributed by atoms with Crippen molar-refractivity contribution in [2.24, 2.45) is 17.6 Å². The molecule has 2 unspecified atom stereocenters. The Hall–Kier alpha value is -1.12. The molecule has 2 atom stereocenters. The van der Waals surface area contributed by atoms with Crippen molar-refractivity contribution in [3.05, 3.63) is 11.4 Å². The van der Waals surface area contributed by atoms with Gasteiger partial charge in [0.25, 0.3) is 0 Å². The number of fused-ring (bicyclic) bond motifs is 1. The standard InChI is InChI=1S/C10H19N5O2S/c1-18(16,17)13-5-7-3-9-8(2-6(7)4-11)14-10(12)15-9/h6-7,13H,2-5,11H2,1H3,(H3,12,14,15). The molecule has 102 valence electrons. The number of nitrogens with one attached hydrogen (secondary N) is 2. The summed E-state index contributed by atoms with van der Waals surface area (Å²) in [5.74, 6) is 0.819. The lowest BCUT2D eigenvalue weighted by molar-refractivity contribution is 0.310. The van der Waals surface area contributed by atoms with Gasteiger partial charge in [0.1, 0.15) is 0 Å². The Balaban J connectivity index is 2.11. The summed E-state index contributed by atoms with van der Waals surface area (Å²) in [5, 5.41) is 0. The highest BCUT2D eigenvalue weighted by atomic mass is 32.2. The number of imidazole rings is 1. The van der Waals surface area contributed by atoms with Gasteiger partial charge < -0.3 is 16.5 Å². The molecular formula is C10H19N5O2S. The second-order valence-corrected chi connectivity index (χ2v) is 6.67. The number of rotatable bonds is 4. The first kappa shape index (κ1) is 13.3. The molecule has 1 aliphatic carbocycles. The first-order chi connectivity index (χ1) is 8.39. The van der Waals surface area contributed by atoms with Crippen molar-refractivity contribution in [3.8, 4) is 0 Å². The third-order valence-electron chi connectivity index (χ3n) is 3.38. The van der Waals surface area contributed by atoms with Gasteiger partial charge in [0.2, 0.25) is 10.0 Å². The number of H-pyrrole nitrogens is 1. The van der Waals surface area contributed by atoms with Crippen LogP contribution in [-0.4, -0.2) is 37.7 Å². The lowest BCUT2D eigenvalue weighted by Crippen LogP contribution is -2.39. The van der Waals surface area contributed by atoms with Crippen molar-refractivity contribution in [1.29, 1.82) is 0 Å². The van der Waals surface area contributed by atoms with Crippen LogP contribution in [0.4, 0.5) is 5.95 Å². The fourth-order valence-corrected chi connectivity index (χ4v) is 2.94. The van der Waals surface area contributed by atoms with Crippen LogP contribution in [0.2, 0.25) is 0 Å². The number of sulfonamides is 1. The first-order valence-corrected chi connectivity index (χ1v) is 7.76. The summed E-state index contributed by atoms with van der Waals surface area (Å²) < 4.78 is 24.8. The zero-order chi connectivity index (χ0) is 13.3.